The summed E-state index contributed by atoms with van der Waals surface area (Å²) in [5.74, 6) is 1.41. The SMILES string of the molecule is CN(CC1CCOCC1)C1C[C@@H]2CN(S(=O)(=O)c3ccc(OC(F)F)cc3)C[C@@H]2C1. The number of nitrogens with zero attached hydrogens (tertiary/aromatic N) is 2. The van der Waals surface area contributed by atoms with Gasteiger partial charge in [0.25, 0.3) is 0 Å². The van der Waals surface area contributed by atoms with Crippen molar-refractivity contribution in [1.29, 1.82) is 0 Å². The zero-order valence-corrected chi connectivity index (χ0v) is 18.1. The minimum absolute atomic E-state index is 0.0438. The molecule has 4 rings (SSSR count). The van der Waals surface area contributed by atoms with E-state index in [-0.39, 0.29) is 10.6 Å². The summed E-state index contributed by atoms with van der Waals surface area (Å²) >= 11 is 0. The highest BCUT2D eigenvalue weighted by Gasteiger charge is 2.45. The Morgan fingerprint density at radius 3 is 2.30 bits per heavy atom. The van der Waals surface area contributed by atoms with Crippen LogP contribution in [-0.2, 0) is 14.8 Å². The van der Waals surface area contributed by atoms with Crippen LogP contribution in [0.5, 0.6) is 5.75 Å². The van der Waals surface area contributed by atoms with Crippen molar-refractivity contribution in [2.75, 3.05) is 39.9 Å². The van der Waals surface area contributed by atoms with Crippen molar-refractivity contribution in [2.45, 2.75) is 43.2 Å². The third-order valence-corrected chi connectivity index (χ3v) is 8.74. The molecule has 3 atom stereocenters. The van der Waals surface area contributed by atoms with Gasteiger partial charge in [0, 0.05) is 38.9 Å². The van der Waals surface area contributed by atoms with E-state index < -0.39 is 16.6 Å². The molecule has 0 aromatic heterocycles. The Bertz CT molecular complexity index is 801. The maximum absolute atomic E-state index is 13.0. The third kappa shape index (κ3) is 4.79. The molecule has 2 heterocycles. The van der Waals surface area contributed by atoms with Crippen LogP contribution in [0, 0.1) is 17.8 Å². The van der Waals surface area contributed by atoms with Gasteiger partial charge in [0.2, 0.25) is 10.0 Å². The molecule has 0 bridgehead atoms. The van der Waals surface area contributed by atoms with Gasteiger partial charge in [-0.15, -0.1) is 0 Å². The third-order valence-electron chi connectivity index (χ3n) is 6.89. The van der Waals surface area contributed by atoms with E-state index >= 15 is 0 Å². The van der Waals surface area contributed by atoms with E-state index in [2.05, 4.69) is 16.7 Å². The molecule has 2 saturated heterocycles. The summed E-state index contributed by atoms with van der Waals surface area (Å²) in [7, 11) is -1.43. The fourth-order valence-electron chi connectivity index (χ4n) is 5.21. The molecule has 0 spiro atoms. The van der Waals surface area contributed by atoms with Gasteiger partial charge in [-0.3, -0.25) is 0 Å². The molecule has 3 fully saturated rings. The molecule has 0 N–H and O–H groups in total. The van der Waals surface area contributed by atoms with Crippen molar-refractivity contribution in [2.24, 2.45) is 17.8 Å². The molecule has 30 heavy (non-hydrogen) atoms. The number of alkyl halides is 2. The standard InChI is InChI=1S/C21H30F2N2O4S/c1-24(12-15-6-8-28-9-7-15)18-10-16-13-25(14-17(16)11-18)30(26,27)20-4-2-19(3-5-20)29-21(22)23/h2-5,15-18,21H,6-14H2,1H3/t16-,17+,18?. The lowest BCUT2D eigenvalue weighted by atomic mass is 9.99. The normalized spacial score (nSPS) is 28.4. The first-order chi connectivity index (χ1) is 14.3. The number of halogens is 2. The van der Waals surface area contributed by atoms with Gasteiger partial charge in [-0.2, -0.15) is 13.1 Å². The van der Waals surface area contributed by atoms with Crippen LogP contribution in [0.4, 0.5) is 8.78 Å². The van der Waals surface area contributed by atoms with Crippen LogP contribution in [0.15, 0.2) is 29.2 Å². The van der Waals surface area contributed by atoms with Crippen LogP contribution in [-0.4, -0.2) is 70.2 Å². The van der Waals surface area contributed by atoms with Crippen molar-refractivity contribution < 1.29 is 26.7 Å². The van der Waals surface area contributed by atoms with Crippen molar-refractivity contribution >= 4 is 10.0 Å². The maximum atomic E-state index is 13.0. The molecule has 168 valence electrons. The molecule has 1 saturated carbocycles. The fourth-order valence-corrected chi connectivity index (χ4v) is 6.76. The zero-order valence-electron chi connectivity index (χ0n) is 17.3. The van der Waals surface area contributed by atoms with E-state index in [0.717, 1.165) is 45.4 Å². The Kier molecular flexibility index (Phi) is 6.62. The Hall–Kier alpha value is -1.29. The quantitative estimate of drug-likeness (QED) is 0.647. The average molecular weight is 445 g/mol. The fraction of sp³-hybridized carbons (Fsp3) is 0.714. The van der Waals surface area contributed by atoms with E-state index in [4.69, 9.17) is 4.74 Å². The molecular formula is C21H30F2N2O4S. The minimum Gasteiger partial charge on any atom is -0.435 e. The second kappa shape index (κ2) is 9.06. The first kappa shape index (κ1) is 21.9. The molecule has 2 aliphatic heterocycles. The van der Waals surface area contributed by atoms with E-state index in [0.29, 0.717) is 36.9 Å². The number of hydrogen-bond acceptors (Lipinski definition) is 5. The van der Waals surface area contributed by atoms with Crippen LogP contribution >= 0.6 is 0 Å². The Balaban J connectivity index is 1.33. The Labute approximate surface area is 177 Å². The second-order valence-corrected chi connectivity index (χ2v) is 10.8. The van der Waals surface area contributed by atoms with Crippen molar-refractivity contribution in [3.63, 3.8) is 0 Å². The lowest BCUT2D eigenvalue weighted by Gasteiger charge is -2.31. The number of hydrogen-bond donors (Lipinski definition) is 0. The first-order valence-corrected chi connectivity index (χ1v) is 12.1. The van der Waals surface area contributed by atoms with Gasteiger partial charge in [-0.25, -0.2) is 8.42 Å². The predicted molar refractivity (Wildman–Crippen MR) is 108 cm³/mol. The van der Waals surface area contributed by atoms with Crippen LogP contribution in [0.3, 0.4) is 0 Å². The van der Waals surface area contributed by atoms with E-state index in [9.17, 15) is 17.2 Å². The number of fused-ring (bicyclic) bond motifs is 1. The number of ether oxygens (including phenoxy) is 2. The minimum atomic E-state index is -3.62. The monoisotopic (exact) mass is 444 g/mol. The van der Waals surface area contributed by atoms with Crippen LogP contribution < -0.4 is 4.74 Å². The van der Waals surface area contributed by atoms with Gasteiger partial charge in [0.05, 0.1) is 4.90 Å². The van der Waals surface area contributed by atoms with Gasteiger partial charge in [-0.05, 0) is 74.8 Å². The predicted octanol–water partition coefficient (Wildman–Crippen LogP) is 3.05. The number of sulfonamides is 1. The van der Waals surface area contributed by atoms with Crippen molar-refractivity contribution in [1.82, 2.24) is 9.21 Å². The molecule has 1 aromatic carbocycles. The maximum Gasteiger partial charge on any atom is 0.387 e. The molecule has 0 amide bonds. The summed E-state index contributed by atoms with van der Waals surface area (Å²) in [6.45, 7) is 0.937. The van der Waals surface area contributed by atoms with Gasteiger partial charge in [0.15, 0.2) is 0 Å². The molecule has 6 nitrogen and oxygen atoms in total. The lowest BCUT2D eigenvalue weighted by Crippen LogP contribution is -2.37. The molecule has 0 radical (unpaired) electrons. The second-order valence-electron chi connectivity index (χ2n) is 8.81. The zero-order chi connectivity index (χ0) is 21.3. The highest BCUT2D eigenvalue weighted by molar-refractivity contribution is 7.89. The molecule has 1 aliphatic carbocycles. The van der Waals surface area contributed by atoms with Gasteiger partial charge >= 0.3 is 6.61 Å². The number of rotatable bonds is 7. The Morgan fingerprint density at radius 2 is 1.73 bits per heavy atom. The lowest BCUT2D eigenvalue weighted by molar-refractivity contribution is -0.0498. The summed E-state index contributed by atoms with van der Waals surface area (Å²) < 4.78 is 61.9. The summed E-state index contributed by atoms with van der Waals surface area (Å²) in [6.07, 6.45) is 4.29. The highest BCUT2D eigenvalue weighted by Crippen LogP contribution is 2.42. The highest BCUT2D eigenvalue weighted by atomic mass is 32.2. The van der Waals surface area contributed by atoms with E-state index in [1.54, 1.807) is 4.31 Å². The van der Waals surface area contributed by atoms with Crippen LogP contribution in [0.1, 0.15) is 25.7 Å². The van der Waals surface area contributed by atoms with Gasteiger partial charge in [0.1, 0.15) is 5.75 Å². The van der Waals surface area contributed by atoms with Crippen LogP contribution in [0.2, 0.25) is 0 Å². The molecule has 3 aliphatic rings. The van der Waals surface area contributed by atoms with Crippen molar-refractivity contribution in [3.05, 3.63) is 24.3 Å². The summed E-state index contributed by atoms with van der Waals surface area (Å²) in [5.41, 5.74) is 0. The summed E-state index contributed by atoms with van der Waals surface area (Å²) in [6, 6.07) is 5.74. The van der Waals surface area contributed by atoms with Gasteiger partial charge < -0.3 is 14.4 Å². The van der Waals surface area contributed by atoms with Crippen LogP contribution in [0.25, 0.3) is 0 Å². The topological polar surface area (TPSA) is 59.1 Å². The molecular weight excluding hydrogens is 414 g/mol. The van der Waals surface area contributed by atoms with E-state index in [1.807, 2.05) is 0 Å². The molecule has 1 unspecified atom stereocenters. The van der Waals surface area contributed by atoms with Crippen molar-refractivity contribution in [3.8, 4) is 5.75 Å². The summed E-state index contributed by atoms with van der Waals surface area (Å²) in [5, 5.41) is 0. The number of benzene rings is 1. The molecule has 1 aromatic rings. The van der Waals surface area contributed by atoms with E-state index in [1.165, 1.54) is 24.3 Å². The summed E-state index contributed by atoms with van der Waals surface area (Å²) in [4.78, 5) is 2.59. The first-order valence-electron chi connectivity index (χ1n) is 10.7. The molecule has 9 heteroatoms. The largest absolute Gasteiger partial charge is 0.435 e. The van der Waals surface area contributed by atoms with Gasteiger partial charge in [-0.1, -0.05) is 0 Å². The smallest absolute Gasteiger partial charge is 0.387 e. The average Bonchev–Trinajstić information content (AvgIpc) is 3.28. The Morgan fingerprint density at radius 1 is 1.13 bits per heavy atom.